The quantitative estimate of drug-likeness (QED) is 0.612. The first-order valence-electron chi connectivity index (χ1n) is 7.29. The van der Waals surface area contributed by atoms with E-state index in [1.165, 1.54) is 22.7 Å². The standard InChI is InChI=1S/C18H13ClN2O2S2/c19-12-4-1-5-13(10-12)20-17(22)15(11-14-6-2-8-24-14)21-18(23)16-7-3-9-25-16/h1-11H,(H,20,22)(H,21,23). The van der Waals surface area contributed by atoms with E-state index in [0.717, 1.165) is 4.88 Å². The zero-order valence-corrected chi connectivity index (χ0v) is 15.3. The van der Waals surface area contributed by atoms with Crippen LogP contribution in [0.5, 0.6) is 0 Å². The number of amides is 2. The first-order valence-corrected chi connectivity index (χ1v) is 9.42. The lowest BCUT2D eigenvalue weighted by Crippen LogP contribution is -2.30. The number of carbonyl (C=O) groups is 2. The molecule has 0 radical (unpaired) electrons. The first kappa shape index (κ1) is 17.4. The number of benzene rings is 1. The SMILES string of the molecule is O=C(Nc1cccc(Cl)c1)C(=Cc1cccs1)NC(=O)c1cccs1. The molecule has 126 valence electrons. The Morgan fingerprint density at radius 2 is 1.80 bits per heavy atom. The minimum absolute atomic E-state index is 0.167. The van der Waals surface area contributed by atoms with Crippen molar-refractivity contribution >= 4 is 57.9 Å². The van der Waals surface area contributed by atoms with Crippen molar-refractivity contribution in [2.45, 2.75) is 0 Å². The van der Waals surface area contributed by atoms with Gasteiger partial charge in [-0.3, -0.25) is 9.59 Å². The summed E-state index contributed by atoms with van der Waals surface area (Å²) in [4.78, 5) is 26.3. The van der Waals surface area contributed by atoms with Crippen molar-refractivity contribution in [3.63, 3.8) is 0 Å². The van der Waals surface area contributed by atoms with Gasteiger partial charge in [0, 0.05) is 15.6 Å². The van der Waals surface area contributed by atoms with Crippen LogP contribution in [-0.2, 0) is 4.79 Å². The Hall–Kier alpha value is -2.41. The van der Waals surface area contributed by atoms with E-state index in [4.69, 9.17) is 11.6 Å². The van der Waals surface area contributed by atoms with Gasteiger partial charge in [-0.05, 0) is 47.2 Å². The lowest BCUT2D eigenvalue weighted by atomic mass is 10.2. The van der Waals surface area contributed by atoms with Crippen molar-refractivity contribution in [3.8, 4) is 0 Å². The number of halogens is 1. The van der Waals surface area contributed by atoms with Gasteiger partial charge >= 0.3 is 0 Å². The van der Waals surface area contributed by atoms with Gasteiger partial charge in [-0.2, -0.15) is 0 Å². The highest BCUT2D eigenvalue weighted by Crippen LogP contribution is 2.18. The molecule has 0 aliphatic carbocycles. The Kier molecular flexibility index (Phi) is 5.65. The van der Waals surface area contributed by atoms with Gasteiger partial charge in [0.05, 0.1) is 4.88 Å². The number of anilines is 1. The van der Waals surface area contributed by atoms with Gasteiger partial charge in [-0.1, -0.05) is 29.8 Å². The zero-order valence-electron chi connectivity index (χ0n) is 12.9. The maximum Gasteiger partial charge on any atom is 0.272 e. The third kappa shape index (κ3) is 4.79. The molecule has 0 saturated heterocycles. The number of rotatable bonds is 5. The number of carbonyl (C=O) groups excluding carboxylic acids is 2. The molecular formula is C18H13ClN2O2S2. The summed E-state index contributed by atoms with van der Waals surface area (Å²) in [6.07, 6.45) is 1.65. The van der Waals surface area contributed by atoms with Crippen LogP contribution in [0.4, 0.5) is 5.69 Å². The summed E-state index contributed by atoms with van der Waals surface area (Å²) in [5, 5.41) is 9.66. The van der Waals surface area contributed by atoms with Gasteiger partial charge in [0.15, 0.2) is 0 Å². The topological polar surface area (TPSA) is 58.2 Å². The second-order valence-corrected chi connectivity index (χ2v) is 7.33. The maximum atomic E-state index is 12.6. The van der Waals surface area contributed by atoms with Crippen LogP contribution in [0, 0.1) is 0 Å². The fourth-order valence-corrected chi connectivity index (χ4v) is 3.50. The molecule has 0 aliphatic rings. The minimum Gasteiger partial charge on any atom is -0.321 e. The lowest BCUT2D eigenvalue weighted by molar-refractivity contribution is -0.113. The summed E-state index contributed by atoms with van der Waals surface area (Å²) in [6.45, 7) is 0. The predicted octanol–water partition coefficient (Wildman–Crippen LogP) is 4.87. The van der Waals surface area contributed by atoms with Crippen LogP contribution in [0.3, 0.4) is 0 Å². The smallest absolute Gasteiger partial charge is 0.272 e. The molecule has 2 heterocycles. The minimum atomic E-state index is -0.416. The molecule has 0 atom stereocenters. The normalized spacial score (nSPS) is 11.2. The number of nitrogens with one attached hydrogen (secondary N) is 2. The molecule has 3 rings (SSSR count). The largest absolute Gasteiger partial charge is 0.321 e. The fraction of sp³-hybridized carbons (Fsp3) is 0. The molecule has 7 heteroatoms. The maximum absolute atomic E-state index is 12.6. The highest BCUT2D eigenvalue weighted by molar-refractivity contribution is 7.12. The van der Waals surface area contributed by atoms with Gasteiger partial charge < -0.3 is 10.6 Å². The summed E-state index contributed by atoms with van der Waals surface area (Å²) in [7, 11) is 0. The van der Waals surface area contributed by atoms with E-state index in [9.17, 15) is 9.59 Å². The lowest BCUT2D eigenvalue weighted by Gasteiger charge is -2.10. The van der Waals surface area contributed by atoms with Crippen LogP contribution in [0.25, 0.3) is 6.08 Å². The molecule has 0 spiro atoms. The van der Waals surface area contributed by atoms with Gasteiger partial charge in [0.1, 0.15) is 5.70 Å². The molecular weight excluding hydrogens is 376 g/mol. The van der Waals surface area contributed by atoms with Crippen LogP contribution in [0.1, 0.15) is 14.5 Å². The van der Waals surface area contributed by atoms with Crippen LogP contribution in [0.15, 0.2) is 65.0 Å². The highest BCUT2D eigenvalue weighted by atomic mass is 35.5. The molecule has 3 aromatic rings. The molecule has 0 bridgehead atoms. The summed E-state index contributed by atoms with van der Waals surface area (Å²) < 4.78 is 0. The van der Waals surface area contributed by atoms with Crippen LogP contribution < -0.4 is 10.6 Å². The van der Waals surface area contributed by atoms with E-state index in [1.807, 2.05) is 22.9 Å². The molecule has 25 heavy (non-hydrogen) atoms. The molecule has 4 nitrogen and oxygen atoms in total. The Balaban J connectivity index is 1.83. The van der Waals surface area contributed by atoms with Gasteiger partial charge in [-0.15, -0.1) is 22.7 Å². The monoisotopic (exact) mass is 388 g/mol. The van der Waals surface area contributed by atoms with E-state index in [0.29, 0.717) is 15.6 Å². The van der Waals surface area contributed by atoms with E-state index in [-0.39, 0.29) is 11.6 Å². The van der Waals surface area contributed by atoms with Crippen molar-refractivity contribution in [3.05, 3.63) is 79.8 Å². The third-order valence-corrected chi connectivity index (χ3v) is 5.07. The number of hydrogen-bond donors (Lipinski definition) is 2. The van der Waals surface area contributed by atoms with Crippen molar-refractivity contribution in [1.29, 1.82) is 0 Å². The van der Waals surface area contributed by atoms with E-state index >= 15 is 0 Å². The van der Waals surface area contributed by atoms with Crippen molar-refractivity contribution < 1.29 is 9.59 Å². The van der Waals surface area contributed by atoms with E-state index in [1.54, 1.807) is 42.5 Å². The molecule has 0 saturated carbocycles. The molecule has 0 fully saturated rings. The van der Waals surface area contributed by atoms with E-state index < -0.39 is 5.91 Å². The van der Waals surface area contributed by atoms with Crippen LogP contribution in [-0.4, -0.2) is 11.8 Å². The molecule has 1 aromatic carbocycles. The van der Waals surface area contributed by atoms with Crippen LogP contribution in [0.2, 0.25) is 5.02 Å². The summed E-state index contributed by atoms with van der Waals surface area (Å²) in [5.74, 6) is -0.736. The second-order valence-electron chi connectivity index (χ2n) is 4.97. The predicted molar refractivity (Wildman–Crippen MR) is 104 cm³/mol. The Labute approximate surface area is 157 Å². The summed E-state index contributed by atoms with van der Waals surface area (Å²) >= 11 is 8.73. The van der Waals surface area contributed by atoms with E-state index in [2.05, 4.69) is 10.6 Å². The average molecular weight is 389 g/mol. The molecule has 2 amide bonds. The molecule has 2 aromatic heterocycles. The highest BCUT2D eigenvalue weighted by Gasteiger charge is 2.16. The second kappa shape index (κ2) is 8.11. The first-order chi connectivity index (χ1) is 12.1. The van der Waals surface area contributed by atoms with Crippen LogP contribution >= 0.6 is 34.3 Å². The summed E-state index contributed by atoms with van der Waals surface area (Å²) in [5.41, 5.74) is 0.723. The fourth-order valence-electron chi connectivity index (χ4n) is 2.03. The van der Waals surface area contributed by atoms with Gasteiger partial charge in [0.25, 0.3) is 11.8 Å². The summed E-state index contributed by atoms with van der Waals surface area (Å²) in [6, 6.07) is 14.1. The van der Waals surface area contributed by atoms with Crippen molar-refractivity contribution in [2.24, 2.45) is 0 Å². The van der Waals surface area contributed by atoms with Gasteiger partial charge in [0.2, 0.25) is 0 Å². The number of hydrogen-bond acceptors (Lipinski definition) is 4. The van der Waals surface area contributed by atoms with Crippen molar-refractivity contribution in [1.82, 2.24) is 5.32 Å². The third-order valence-electron chi connectivity index (χ3n) is 3.15. The number of thiophene rings is 2. The average Bonchev–Trinajstić information content (AvgIpc) is 3.28. The Bertz CT molecular complexity index is 903. The Morgan fingerprint density at radius 1 is 1.00 bits per heavy atom. The Morgan fingerprint density at radius 3 is 2.48 bits per heavy atom. The van der Waals surface area contributed by atoms with Crippen molar-refractivity contribution in [2.75, 3.05) is 5.32 Å². The van der Waals surface area contributed by atoms with Gasteiger partial charge in [-0.25, -0.2) is 0 Å². The molecule has 2 N–H and O–H groups in total. The molecule has 0 aliphatic heterocycles. The zero-order chi connectivity index (χ0) is 17.6. The molecule has 0 unspecified atom stereocenters.